The van der Waals surface area contributed by atoms with E-state index in [0.29, 0.717) is 30.0 Å². The fourth-order valence-electron chi connectivity index (χ4n) is 3.31. The van der Waals surface area contributed by atoms with Crippen molar-refractivity contribution in [2.45, 2.75) is 32.4 Å². The highest BCUT2D eigenvalue weighted by Crippen LogP contribution is 2.32. The van der Waals surface area contributed by atoms with E-state index >= 15 is 0 Å². The molecule has 1 amide bonds. The van der Waals surface area contributed by atoms with Crippen molar-refractivity contribution in [1.82, 2.24) is 10.3 Å². The first-order valence-corrected chi connectivity index (χ1v) is 10.9. The molecule has 8 nitrogen and oxygen atoms in total. The average molecular weight is 488 g/mol. The highest BCUT2D eigenvalue weighted by molar-refractivity contribution is 5.68. The lowest BCUT2D eigenvalue weighted by molar-refractivity contribution is 0.103. The second kappa shape index (κ2) is 12.1. The van der Waals surface area contributed by atoms with Crippen LogP contribution in [0.2, 0.25) is 0 Å². The number of aromatic nitrogens is 1. The van der Waals surface area contributed by atoms with Gasteiger partial charge in [0, 0.05) is 19.2 Å². The Balaban J connectivity index is 1.95. The summed E-state index contributed by atoms with van der Waals surface area (Å²) in [5.74, 6) is -2.88. The molecular formula is C25H26F2N2O6. The highest BCUT2D eigenvalue weighted by atomic mass is 19.1. The zero-order valence-corrected chi connectivity index (χ0v) is 19.0. The first-order chi connectivity index (χ1) is 16.8. The van der Waals surface area contributed by atoms with Gasteiger partial charge in [-0.25, -0.2) is 13.6 Å². The standard InChI is InChI=1S/C25H26F2N2O6/c1-2-19(14-31)34-23-21(26)12-22(27)24(29-23)35-20-10-15(6-7-30)8-18(11-20)17-5-3-4-16(9-17)13-28-25(32)33/h3-5,8-12,19,28,30-31H,2,6-7,13-14H2,1H3,(H,32,33). The van der Waals surface area contributed by atoms with Crippen molar-refractivity contribution in [3.8, 4) is 28.6 Å². The molecule has 3 aromatic rings. The van der Waals surface area contributed by atoms with Gasteiger partial charge >= 0.3 is 6.09 Å². The zero-order chi connectivity index (χ0) is 25.4. The van der Waals surface area contributed by atoms with Crippen LogP contribution in [0.1, 0.15) is 24.5 Å². The van der Waals surface area contributed by atoms with Gasteiger partial charge in [0.1, 0.15) is 11.9 Å². The number of ether oxygens (including phenoxy) is 2. The summed E-state index contributed by atoms with van der Waals surface area (Å²) in [6.07, 6.45) is -1.17. The molecule has 0 fully saturated rings. The Hall–Kier alpha value is -3.76. The van der Waals surface area contributed by atoms with Crippen molar-refractivity contribution in [2.24, 2.45) is 0 Å². The number of rotatable bonds is 11. The summed E-state index contributed by atoms with van der Waals surface area (Å²) >= 11 is 0. The number of amides is 1. The third-order valence-electron chi connectivity index (χ3n) is 5.09. The van der Waals surface area contributed by atoms with Crippen LogP contribution >= 0.6 is 0 Å². The second-order valence-electron chi connectivity index (χ2n) is 7.69. The molecule has 1 aromatic heterocycles. The molecule has 1 heterocycles. The second-order valence-corrected chi connectivity index (χ2v) is 7.69. The quantitative estimate of drug-likeness (QED) is 0.318. The highest BCUT2D eigenvalue weighted by Gasteiger charge is 2.18. The van der Waals surface area contributed by atoms with Gasteiger partial charge in [-0.15, -0.1) is 0 Å². The zero-order valence-electron chi connectivity index (χ0n) is 19.0. The van der Waals surface area contributed by atoms with E-state index in [1.165, 1.54) is 0 Å². The molecule has 1 unspecified atom stereocenters. The van der Waals surface area contributed by atoms with Gasteiger partial charge in [0.15, 0.2) is 11.6 Å². The molecule has 0 bridgehead atoms. The molecule has 3 rings (SSSR count). The predicted molar refractivity (Wildman–Crippen MR) is 124 cm³/mol. The minimum Gasteiger partial charge on any atom is -0.470 e. The van der Waals surface area contributed by atoms with E-state index in [0.717, 1.165) is 11.1 Å². The van der Waals surface area contributed by atoms with Gasteiger partial charge in [0.05, 0.1) is 6.61 Å². The molecular weight excluding hydrogens is 462 g/mol. The number of nitrogens with zero attached hydrogens (tertiary/aromatic N) is 1. The normalized spacial score (nSPS) is 11.7. The van der Waals surface area contributed by atoms with Crippen LogP contribution in [0, 0.1) is 11.6 Å². The van der Waals surface area contributed by atoms with E-state index in [-0.39, 0.29) is 25.5 Å². The summed E-state index contributed by atoms with van der Waals surface area (Å²) in [5.41, 5.74) is 2.83. The number of hydrogen-bond acceptors (Lipinski definition) is 6. The maximum absolute atomic E-state index is 14.5. The Labute approximate surface area is 200 Å². The van der Waals surface area contributed by atoms with E-state index in [9.17, 15) is 23.8 Å². The number of aliphatic hydroxyl groups is 2. The van der Waals surface area contributed by atoms with E-state index < -0.39 is 35.6 Å². The van der Waals surface area contributed by atoms with Crippen LogP contribution in [-0.2, 0) is 13.0 Å². The molecule has 35 heavy (non-hydrogen) atoms. The lowest BCUT2D eigenvalue weighted by atomic mass is 9.99. The van der Waals surface area contributed by atoms with Crippen molar-refractivity contribution >= 4 is 6.09 Å². The maximum atomic E-state index is 14.5. The molecule has 2 aromatic carbocycles. The van der Waals surface area contributed by atoms with Crippen molar-refractivity contribution in [2.75, 3.05) is 13.2 Å². The van der Waals surface area contributed by atoms with E-state index in [1.54, 1.807) is 37.3 Å². The van der Waals surface area contributed by atoms with Gasteiger partial charge in [-0.1, -0.05) is 31.2 Å². The van der Waals surface area contributed by atoms with Crippen LogP contribution < -0.4 is 14.8 Å². The lowest BCUT2D eigenvalue weighted by Crippen LogP contribution is -2.21. The molecule has 0 saturated carbocycles. The third kappa shape index (κ3) is 7.11. The summed E-state index contributed by atoms with van der Waals surface area (Å²) in [6, 6.07) is 12.8. The van der Waals surface area contributed by atoms with Gasteiger partial charge in [-0.2, -0.15) is 4.98 Å². The molecule has 0 radical (unpaired) electrons. The molecule has 4 N–H and O–H groups in total. The van der Waals surface area contributed by atoms with Crippen molar-refractivity contribution in [1.29, 1.82) is 0 Å². The summed E-state index contributed by atoms with van der Waals surface area (Å²) in [5, 5.41) is 29.9. The smallest absolute Gasteiger partial charge is 0.404 e. The largest absolute Gasteiger partial charge is 0.470 e. The first kappa shape index (κ1) is 25.9. The molecule has 0 spiro atoms. The van der Waals surface area contributed by atoms with Gasteiger partial charge in [0.25, 0.3) is 11.8 Å². The molecule has 0 saturated heterocycles. The molecule has 186 valence electrons. The Kier molecular flexibility index (Phi) is 8.93. The van der Waals surface area contributed by atoms with Crippen LogP contribution in [0.25, 0.3) is 11.1 Å². The summed E-state index contributed by atoms with van der Waals surface area (Å²) < 4.78 is 39.6. The van der Waals surface area contributed by atoms with Crippen LogP contribution in [0.15, 0.2) is 48.5 Å². The van der Waals surface area contributed by atoms with Crippen LogP contribution in [0.4, 0.5) is 13.6 Å². The Morgan fingerprint density at radius 2 is 1.77 bits per heavy atom. The topological polar surface area (TPSA) is 121 Å². The van der Waals surface area contributed by atoms with E-state index in [1.807, 2.05) is 12.1 Å². The third-order valence-corrected chi connectivity index (χ3v) is 5.09. The number of halogens is 2. The number of carbonyl (C=O) groups is 1. The lowest BCUT2D eigenvalue weighted by Gasteiger charge is -2.16. The fraction of sp³-hybridized carbons (Fsp3) is 0.280. The average Bonchev–Trinajstić information content (AvgIpc) is 2.84. The molecule has 0 aliphatic rings. The number of hydrogen-bond donors (Lipinski definition) is 4. The van der Waals surface area contributed by atoms with E-state index in [2.05, 4.69) is 10.3 Å². The molecule has 10 heteroatoms. The van der Waals surface area contributed by atoms with Gasteiger partial charge in [-0.3, -0.25) is 0 Å². The first-order valence-electron chi connectivity index (χ1n) is 10.9. The summed E-state index contributed by atoms with van der Waals surface area (Å²) in [7, 11) is 0. The fourth-order valence-corrected chi connectivity index (χ4v) is 3.31. The Morgan fingerprint density at radius 1 is 1.03 bits per heavy atom. The Bertz CT molecular complexity index is 1170. The minimum absolute atomic E-state index is 0.114. The SMILES string of the molecule is CCC(CO)Oc1nc(Oc2cc(CCO)cc(-c3cccc(CNC(=O)O)c3)c2)c(F)cc1F. The number of benzene rings is 2. The maximum Gasteiger partial charge on any atom is 0.404 e. The predicted octanol–water partition coefficient (Wildman–Crippen LogP) is 4.27. The monoisotopic (exact) mass is 488 g/mol. The molecule has 0 aliphatic carbocycles. The molecule has 1 atom stereocenters. The summed E-state index contributed by atoms with van der Waals surface area (Å²) in [4.78, 5) is 14.6. The number of carboxylic acid groups (broad SMARTS) is 1. The number of nitrogens with one attached hydrogen (secondary N) is 1. The molecule has 0 aliphatic heterocycles. The van der Waals surface area contributed by atoms with Gasteiger partial charge in [0.2, 0.25) is 0 Å². The van der Waals surface area contributed by atoms with Crippen molar-refractivity contribution in [3.05, 3.63) is 71.3 Å². The van der Waals surface area contributed by atoms with E-state index in [4.69, 9.17) is 14.6 Å². The number of pyridine rings is 1. The van der Waals surface area contributed by atoms with Crippen molar-refractivity contribution in [3.63, 3.8) is 0 Å². The minimum atomic E-state index is -1.14. The van der Waals surface area contributed by atoms with Crippen LogP contribution in [0.5, 0.6) is 17.5 Å². The number of aliphatic hydroxyl groups excluding tert-OH is 2. The van der Waals surface area contributed by atoms with Crippen LogP contribution in [-0.4, -0.2) is 45.7 Å². The van der Waals surface area contributed by atoms with Crippen LogP contribution in [0.3, 0.4) is 0 Å². The van der Waals surface area contributed by atoms with Crippen molar-refractivity contribution < 1.29 is 38.4 Å². The Morgan fingerprint density at radius 3 is 2.46 bits per heavy atom. The van der Waals surface area contributed by atoms with Gasteiger partial charge < -0.3 is 30.1 Å². The van der Waals surface area contributed by atoms with Gasteiger partial charge in [-0.05, 0) is 53.3 Å². The summed E-state index contributed by atoms with van der Waals surface area (Å²) in [6.45, 7) is 1.36.